The molecule has 3 N–H and O–H groups in total. The smallest absolute Gasteiger partial charge is 0.407 e. The highest BCUT2D eigenvalue weighted by molar-refractivity contribution is 6.31. The number of ether oxygens (including phenoxy) is 2. The number of halogens is 1. The summed E-state index contributed by atoms with van der Waals surface area (Å²) in [5.74, 6) is 0.148. The van der Waals surface area contributed by atoms with Gasteiger partial charge in [-0.2, -0.15) is 0 Å². The molecule has 0 bridgehead atoms. The number of amides is 3. The highest BCUT2D eigenvalue weighted by Crippen LogP contribution is 2.39. The van der Waals surface area contributed by atoms with Crippen LogP contribution in [0.25, 0.3) is 33.1 Å². The number of carbonyl (C=O) groups excluding carboxylic acids is 3. The molecule has 0 fully saturated rings. The van der Waals surface area contributed by atoms with Crippen LogP contribution in [-0.4, -0.2) is 113 Å². The van der Waals surface area contributed by atoms with Gasteiger partial charge in [0.2, 0.25) is 5.95 Å². The molecule has 3 amide bonds. The topological polar surface area (TPSA) is 181 Å². The van der Waals surface area contributed by atoms with Gasteiger partial charge in [0.05, 0.1) is 53.4 Å². The van der Waals surface area contributed by atoms with Crippen molar-refractivity contribution in [2.45, 2.75) is 39.8 Å². The molecule has 0 aliphatic carbocycles. The maximum Gasteiger partial charge on any atom is 0.407 e. The van der Waals surface area contributed by atoms with Gasteiger partial charge in [0.15, 0.2) is 0 Å². The van der Waals surface area contributed by atoms with Gasteiger partial charge in [-0.3, -0.25) is 19.0 Å². The van der Waals surface area contributed by atoms with Crippen molar-refractivity contribution in [3.05, 3.63) is 178 Å². The van der Waals surface area contributed by atoms with E-state index in [9.17, 15) is 19.2 Å². The molecule has 0 unspecified atom stereocenters. The van der Waals surface area contributed by atoms with Crippen LogP contribution in [0.4, 0.5) is 27.8 Å². The second kappa shape index (κ2) is 25.1. The SMILES string of the molecule is C=C(COC(=O)NCCCN(C(=O)c1ccc(C)cc1)[C@@H](c1nc2cc(Cl)ccc2c(=O)n1Cc1ccccc1)C(C)C)C(=O)Nc1cc(Nc2nccc(-c3cn(C)c4ccccc34)n2)c(OC)cc1N(C)CCN(C)C. The van der Waals surface area contributed by atoms with Gasteiger partial charge in [-0.15, -0.1) is 0 Å². The number of nitrogens with zero attached hydrogens (tertiary/aromatic N) is 8. The minimum absolute atomic E-state index is 0.0103. The summed E-state index contributed by atoms with van der Waals surface area (Å²) in [6, 6.07) is 34.8. The van der Waals surface area contributed by atoms with Gasteiger partial charge in [0.1, 0.15) is 18.2 Å². The molecule has 3 heterocycles. The van der Waals surface area contributed by atoms with Crippen LogP contribution < -0.4 is 31.1 Å². The van der Waals surface area contributed by atoms with E-state index in [2.05, 4.69) is 49.1 Å². The number of aryl methyl sites for hydroxylation is 2. The Morgan fingerprint density at radius 3 is 2.32 bits per heavy atom. The Morgan fingerprint density at radius 2 is 1.59 bits per heavy atom. The number of benzene rings is 5. The Hall–Kier alpha value is -8.54. The normalized spacial score (nSPS) is 11.7. The largest absolute Gasteiger partial charge is 0.494 e. The van der Waals surface area contributed by atoms with Gasteiger partial charge in [0, 0.05) is 91.4 Å². The third-order valence-corrected chi connectivity index (χ3v) is 13.6. The average molecular weight is 1070 g/mol. The van der Waals surface area contributed by atoms with Crippen molar-refractivity contribution in [1.29, 1.82) is 0 Å². The first-order valence-electron chi connectivity index (χ1n) is 25.7. The maximum atomic E-state index is 14.7. The van der Waals surface area contributed by atoms with Crippen LogP contribution in [0.1, 0.15) is 53.6 Å². The molecular weight excluding hydrogens is 1010 g/mol. The van der Waals surface area contributed by atoms with Crippen molar-refractivity contribution in [1.82, 2.24) is 39.2 Å². The van der Waals surface area contributed by atoms with E-state index in [1.54, 1.807) is 59.2 Å². The van der Waals surface area contributed by atoms with Crippen molar-refractivity contribution < 1.29 is 23.9 Å². The second-order valence-electron chi connectivity index (χ2n) is 19.8. The summed E-state index contributed by atoms with van der Waals surface area (Å²) >= 11 is 6.44. The molecule has 404 valence electrons. The Bertz CT molecular complexity index is 3530. The zero-order chi connectivity index (χ0) is 55.6. The third kappa shape index (κ3) is 13.2. The third-order valence-electron chi connectivity index (χ3n) is 13.4. The lowest BCUT2D eigenvalue weighted by Gasteiger charge is -2.35. The second-order valence-corrected chi connectivity index (χ2v) is 20.3. The number of carbonyl (C=O) groups is 3. The Balaban J connectivity index is 0.967. The van der Waals surface area contributed by atoms with Crippen LogP contribution >= 0.6 is 11.6 Å². The van der Waals surface area contributed by atoms with Crippen LogP contribution in [0.2, 0.25) is 5.02 Å². The van der Waals surface area contributed by atoms with Gasteiger partial charge in [-0.25, -0.2) is 19.7 Å². The summed E-state index contributed by atoms with van der Waals surface area (Å²) in [5, 5.41) is 10.9. The highest BCUT2D eigenvalue weighted by atomic mass is 35.5. The molecule has 0 radical (unpaired) electrons. The van der Waals surface area contributed by atoms with Crippen molar-refractivity contribution >= 4 is 74.3 Å². The number of fused-ring (bicyclic) bond motifs is 2. The van der Waals surface area contributed by atoms with Crippen LogP contribution in [0.3, 0.4) is 0 Å². The quantitative estimate of drug-likeness (QED) is 0.0432. The summed E-state index contributed by atoms with van der Waals surface area (Å²) in [6.45, 7) is 11.3. The van der Waals surface area contributed by atoms with E-state index < -0.39 is 24.6 Å². The number of likely N-dealkylation sites (N-methyl/N-ethyl adjacent to an activating group) is 2. The fourth-order valence-electron chi connectivity index (χ4n) is 9.26. The van der Waals surface area contributed by atoms with Crippen molar-refractivity contribution in [2.24, 2.45) is 13.0 Å². The maximum absolute atomic E-state index is 14.7. The fourth-order valence-corrected chi connectivity index (χ4v) is 9.43. The number of hydrogen-bond acceptors (Lipinski definition) is 12. The standard InChI is InChI=1S/C60H66ClN11O6/c1-38(2)54(55-64-48-32-43(61)24-25-45(48)58(75)72(55)35-41-16-11-10-12-17-41)71(57(74)42-22-20-39(3)21-23-42)29-15-27-63-60(76)78-37-40(4)56(73)65-49-33-50(53(77-9)34-52(49)69(7)31-30-68(5)6)67-59-62-28-26-47(66-59)46-36-70(8)51-19-14-13-18-44(46)51/h10-14,16-26,28,32-34,36,38,54H,4,15,27,29-31,35,37H2,1-3,5-9H3,(H,63,76)(H,65,73)(H,62,66,67)/t54-/m1/s1. The molecule has 8 rings (SSSR count). The predicted molar refractivity (Wildman–Crippen MR) is 310 cm³/mol. The van der Waals surface area contributed by atoms with Crippen LogP contribution in [0.5, 0.6) is 5.75 Å². The summed E-state index contributed by atoms with van der Waals surface area (Å²) in [5.41, 5.74) is 6.84. The molecule has 18 heteroatoms. The number of alkyl carbamates (subject to hydrolysis) is 1. The van der Waals surface area contributed by atoms with Gasteiger partial charge < -0.3 is 44.7 Å². The molecule has 0 aliphatic rings. The zero-order valence-corrected chi connectivity index (χ0v) is 46.1. The predicted octanol–water partition coefficient (Wildman–Crippen LogP) is 10.3. The van der Waals surface area contributed by atoms with Crippen LogP contribution in [0, 0.1) is 12.8 Å². The lowest BCUT2D eigenvalue weighted by atomic mass is 9.98. The monoisotopic (exact) mass is 1070 g/mol. The summed E-state index contributed by atoms with van der Waals surface area (Å²) in [4.78, 5) is 76.5. The molecule has 0 saturated heterocycles. The number of anilines is 4. The molecule has 17 nitrogen and oxygen atoms in total. The molecule has 3 aromatic heterocycles. The summed E-state index contributed by atoms with van der Waals surface area (Å²) in [7, 11) is 9.44. The molecule has 5 aromatic carbocycles. The first-order chi connectivity index (χ1) is 37.5. The van der Waals surface area contributed by atoms with E-state index in [1.165, 1.54) is 0 Å². The minimum atomic E-state index is -0.781. The van der Waals surface area contributed by atoms with E-state index >= 15 is 0 Å². The molecule has 1 atom stereocenters. The van der Waals surface area contributed by atoms with Gasteiger partial charge in [-0.05, 0) is 87.5 Å². The Morgan fingerprint density at radius 1 is 0.846 bits per heavy atom. The first-order valence-corrected chi connectivity index (χ1v) is 26.1. The van der Waals surface area contributed by atoms with Crippen LogP contribution in [0.15, 0.2) is 145 Å². The molecular formula is C60H66ClN11O6. The van der Waals surface area contributed by atoms with Crippen LogP contribution in [-0.2, 0) is 23.1 Å². The number of hydrogen-bond donors (Lipinski definition) is 3. The highest BCUT2D eigenvalue weighted by Gasteiger charge is 2.33. The zero-order valence-electron chi connectivity index (χ0n) is 45.3. The number of aromatic nitrogens is 5. The van der Waals surface area contributed by atoms with Crippen molar-refractivity contribution in [2.75, 3.05) is 76.6 Å². The summed E-state index contributed by atoms with van der Waals surface area (Å²) < 4.78 is 15.1. The lowest BCUT2D eigenvalue weighted by Crippen LogP contribution is -2.42. The Labute approximate surface area is 459 Å². The van der Waals surface area contributed by atoms with E-state index in [0.29, 0.717) is 69.0 Å². The number of nitrogens with one attached hydrogen (secondary N) is 3. The lowest BCUT2D eigenvalue weighted by molar-refractivity contribution is -0.113. The number of rotatable bonds is 22. The van der Waals surface area contributed by atoms with E-state index in [0.717, 1.165) is 39.8 Å². The molecule has 0 spiro atoms. The minimum Gasteiger partial charge on any atom is -0.494 e. The van der Waals surface area contributed by atoms with Gasteiger partial charge >= 0.3 is 6.09 Å². The average Bonchev–Trinajstić information content (AvgIpc) is 3.82. The van der Waals surface area contributed by atoms with E-state index in [-0.39, 0.29) is 42.6 Å². The molecule has 8 aromatic rings. The fraction of sp³-hybridized carbons (Fsp3) is 0.283. The Kier molecular flexibility index (Phi) is 17.9. The molecule has 0 aliphatic heterocycles. The van der Waals surface area contributed by atoms with Gasteiger partial charge in [-0.1, -0.05) is 98.3 Å². The van der Waals surface area contributed by atoms with Crippen molar-refractivity contribution in [3.8, 4) is 17.0 Å². The van der Waals surface area contributed by atoms with E-state index in [1.807, 2.05) is 127 Å². The van der Waals surface area contributed by atoms with Crippen molar-refractivity contribution in [3.63, 3.8) is 0 Å². The number of methoxy groups -OCH3 is 1. The molecule has 78 heavy (non-hydrogen) atoms. The molecule has 0 saturated carbocycles. The first kappa shape index (κ1) is 55.7. The summed E-state index contributed by atoms with van der Waals surface area (Å²) in [6.07, 6.45) is 3.24. The van der Waals surface area contributed by atoms with Gasteiger partial charge in [0.25, 0.3) is 17.4 Å². The van der Waals surface area contributed by atoms with E-state index in [4.69, 9.17) is 31.0 Å². The number of para-hydroxylation sites is 1.